The maximum absolute atomic E-state index is 10.2. The fraction of sp³-hybridized carbons (Fsp3) is 0.250. The van der Waals surface area contributed by atoms with Gasteiger partial charge in [-0.25, -0.2) is 0 Å². The van der Waals surface area contributed by atoms with Crippen LogP contribution in [0.3, 0.4) is 0 Å². The van der Waals surface area contributed by atoms with Crippen LogP contribution in [0.4, 0.5) is 5.69 Å². The van der Waals surface area contributed by atoms with E-state index in [2.05, 4.69) is 5.32 Å². The zero-order chi connectivity index (χ0) is 11.6. The average Bonchev–Trinajstić information content (AvgIpc) is 2.43. The lowest BCUT2D eigenvalue weighted by Gasteiger charge is -1.98. The van der Waals surface area contributed by atoms with Gasteiger partial charge in [-0.3, -0.25) is 4.79 Å². The standard InChI is InChI=1S/C8H9N3O/c1-6-8(10-5-12)3-7(4-9)11(6)2/h3,5H,1-2H3,(H,10,12)/i2D3. The Morgan fingerprint density at radius 1 is 1.92 bits per heavy atom. The molecule has 0 aromatic carbocycles. The molecule has 0 saturated carbocycles. The molecule has 1 aromatic heterocycles. The van der Waals surface area contributed by atoms with E-state index in [-0.39, 0.29) is 5.69 Å². The lowest BCUT2D eigenvalue weighted by molar-refractivity contribution is -0.105. The Morgan fingerprint density at radius 3 is 3.08 bits per heavy atom. The summed E-state index contributed by atoms with van der Waals surface area (Å²) < 4.78 is 22.6. The molecule has 1 N–H and O–H groups in total. The molecule has 0 fully saturated rings. The third-order valence-corrected chi connectivity index (χ3v) is 1.58. The molecule has 0 bridgehead atoms. The number of nitrogens with one attached hydrogen (secondary N) is 1. The molecular formula is C8H9N3O. The van der Waals surface area contributed by atoms with Gasteiger partial charge in [0.05, 0.1) is 5.69 Å². The van der Waals surface area contributed by atoms with Crippen molar-refractivity contribution in [2.24, 2.45) is 6.98 Å². The highest BCUT2D eigenvalue weighted by Crippen LogP contribution is 2.17. The van der Waals surface area contributed by atoms with E-state index in [1.807, 2.05) is 0 Å². The fourth-order valence-electron chi connectivity index (χ4n) is 0.899. The first kappa shape index (κ1) is 4.99. The summed E-state index contributed by atoms with van der Waals surface area (Å²) in [5, 5.41) is 11.1. The van der Waals surface area contributed by atoms with E-state index in [0.717, 1.165) is 4.57 Å². The van der Waals surface area contributed by atoms with Crippen LogP contribution >= 0.6 is 0 Å². The van der Waals surface area contributed by atoms with Crippen LogP contribution in [-0.4, -0.2) is 11.0 Å². The summed E-state index contributed by atoms with van der Waals surface area (Å²) in [5.74, 6) is 0. The van der Waals surface area contributed by atoms with E-state index in [1.165, 1.54) is 13.0 Å². The summed E-state index contributed by atoms with van der Waals surface area (Å²) in [6, 6.07) is 3.10. The molecule has 0 aliphatic heterocycles. The number of rotatable bonds is 2. The van der Waals surface area contributed by atoms with Crippen LogP contribution in [0.15, 0.2) is 6.07 Å². The number of hydrogen-bond donors (Lipinski definition) is 1. The van der Waals surface area contributed by atoms with Gasteiger partial charge in [-0.1, -0.05) is 0 Å². The van der Waals surface area contributed by atoms with Crippen molar-refractivity contribution < 1.29 is 8.91 Å². The molecule has 0 atom stereocenters. The molecule has 1 heterocycles. The maximum atomic E-state index is 10.2. The monoisotopic (exact) mass is 166 g/mol. The van der Waals surface area contributed by atoms with Gasteiger partial charge >= 0.3 is 0 Å². The largest absolute Gasteiger partial charge is 0.338 e. The van der Waals surface area contributed by atoms with Crippen molar-refractivity contribution in [3.8, 4) is 6.07 Å². The minimum atomic E-state index is -2.42. The van der Waals surface area contributed by atoms with Gasteiger partial charge in [-0.05, 0) is 13.0 Å². The van der Waals surface area contributed by atoms with Crippen LogP contribution in [0.2, 0.25) is 0 Å². The first-order chi connectivity index (χ1) is 6.91. The predicted molar refractivity (Wildman–Crippen MR) is 44.6 cm³/mol. The average molecular weight is 166 g/mol. The van der Waals surface area contributed by atoms with E-state index in [1.54, 1.807) is 6.07 Å². The van der Waals surface area contributed by atoms with E-state index < -0.39 is 6.98 Å². The van der Waals surface area contributed by atoms with Gasteiger partial charge in [0, 0.05) is 16.8 Å². The highest BCUT2D eigenvalue weighted by molar-refractivity contribution is 5.73. The SMILES string of the molecule is [2H]C([2H])([2H])n1c(C#N)cc(NC=O)c1C. The Kier molecular flexibility index (Phi) is 1.29. The number of hydrogen-bond acceptors (Lipinski definition) is 2. The van der Waals surface area contributed by atoms with Crippen LogP contribution in [0, 0.1) is 18.3 Å². The molecule has 62 valence electrons. The van der Waals surface area contributed by atoms with Gasteiger partial charge in [0.25, 0.3) is 0 Å². The van der Waals surface area contributed by atoms with Crippen molar-refractivity contribution in [2.45, 2.75) is 6.92 Å². The van der Waals surface area contributed by atoms with Crippen molar-refractivity contribution in [1.29, 1.82) is 5.26 Å². The molecule has 4 nitrogen and oxygen atoms in total. The molecular weight excluding hydrogens is 154 g/mol. The van der Waals surface area contributed by atoms with E-state index in [4.69, 9.17) is 9.37 Å². The van der Waals surface area contributed by atoms with E-state index in [0.29, 0.717) is 17.8 Å². The molecule has 0 saturated heterocycles. The molecule has 0 spiro atoms. The van der Waals surface area contributed by atoms with Gasteiger partial charge in [-0.15, -0.1) is 0 Å². The molecule has 1 amide bonds. The Labute approximate surface area is 74.6 Å². The highest BCUT2D eigenvalue weighted by atomic mass is 16.1. The normalized spacial score (nSPS) is 13.8. The van der Waals surface area contributed by atoms with Gasteiger partial charge in [0.15, 0.2) is 0 Å². The summed E-state index contributed by atoms with van der Waals surface area (Å²) in [6.07, 6.45) is 0.438. The summed E-state index contributed by atoms with van der Waals surface area (Å²) in [7, 11) is 0. The Balaban J connectivity index is 3.38. The molecule has 0 aliphatic rings. The topological polar surface area (TPSA) is 57.8 Å². The highest BCUT2D eigenvalue weighted by Gasteiger charge is 2.06. The maximum Gasteiger partial charge on any atom is 0.211 e. The number of carbonyl (C=O) groups is 1. The lowest BCUT2D eigenvalue weighted by Crippen LogP contribution is -1.97. The zero-order valence-corrected chi connectivity index (χ0v) is 6.46. The number of amides is 1. The van der Waals surface area contributed by atoms with E-state index in [9.17, 15) is 4.79 Å². The van der Waals surface area contributed by atoms with Gasteiger partial charge in [0.1, 0.15) is 11.8 Å². The Morgan fingerprint density at radius 2 is 2.67 bits per heavy atom. The van der Waals surface area contributed by atoms with Crippen LogP contribution < -0.4 is 5.32 Å². The van der Waals surface area contributed by atoms with Crippen molar-refractivity contribution in [3.63, 3.8) is 0 Å². The second-order valence-electron chi connectivity index (χ2n) is 2.24. The van der Waals surface area contributed by atoms with Crippen LogP contribution in [0.25, 0.3) is 0 Å². The number of nitriles is 1. The number of aromatic nitrogens is 1. The van der Waals surface area contributed by atoms with E-state index >= 15 is 0 Å². The molecule has 12 heavy (non-hydrogen) atoms. The fourth-order valence-corrected chi connectivity index (χ4v) is 0.899. The quantitative estimate of drug-likeness (QED) is 0.660. The third kappa shape index (κ3) is 1.17. The Hall–Kier alpha value is -1.76. The van der Waals surface area contributed by atoms with Crippen molar-refractivity contribution in [2.75, 3.05) is 5.32 Å². The minimum Gasteiger partial charge on any atom is -0.338 e. The van der Waals surface area contributed by atoms with Crippen molar-refractivity contribution in [3.05, 3.63) is 17.5 Å². The first-order valence-corrected chi connectivity index (χ1v) is 3.25. The minimum absolute atomic E-state index is 0.00292. The Bertz CT molecular complexity index is 428. The lowest BCUT2D eigenvalue weighted by atomic mass is 10.4. The molecule has 4 heteroatoms. The molecule has 0 unspecified atom stereocenters. The molecule has 0 radical (unpaired) electrons. The summed E-state index contributed by atoms with van der Waals surface area (Å²) in [4.78, 5) is 10.2. The smallest absolute Gasteiger partial charge is 0.211 e. The van der Waals surface area contributed by atoms with Crippen LogP contribution in [0.5, 0.6) is 0 Å². The predicted octanol–water partition coefficient (Wildman–Crippen LogP) is 0.773. The third-order valence-electron chi connectivity index (χ3n) is 1.58. The van der Waals surface area contributed by atoms with Gasteiger partial charge in [0.2, 0.25) is 6.41 Å². The van der Waals surface area contributed by atoms with Gasteiger partial charge in [-0.2, -0.15) is 5.26 Å². The van der Waals surface area contributed by atoms with Gasteiger partial charge < -0.3 is 9.88 Å². The molecule has 0 aliphatic carbocycles. The number of nitrogens with zero attached hydrogens (tertiary/aromatic N) is 2. The van der Waals surface area contributed by atoms with Crippen molar-refractivity contribution in [1.82, 2.24) is 4.57 Å². The van der Waals surface area contributed by atoms with Crippen LogP contribution in [-0.2, 0) is 11.8 Å². The summed E-state index contributed by atoms with van der Waals surface area (Å²) in [6.45, 7) is -0.892. The zero-order valence-electron chi connectivity index (χ0n) is 9.46. The summed E-state index contributed by atoms with van der Waals surface area (Å²) in [5.41, 5.74) is 0.660. The van der Waals surface area contributed by atoms with Crippen molar-refractivity contribution >= 4 is 12.1 Å². The second kappa shape index (κ2) is 3.09. The molecule has 1 aromatic rings. The van der Waals surface area contributed by atoms with Crippen LogP contribution in [0.1, 0.15) is 15.5 Å². The molecule has 1 rings (SSSR count). The second-order valence-corrected chi connectivity index (χ2v) is 2.24. The first-order valence-electron chi connectivity index (χ1n) is 4.75. The number of carbonyl (C=O) groups excluding carboxylic acids is 1. The summed E-state index contributed by atoms with van der Waals surface area (Å²) >= 11 is 0. The number of anilines is 1.